The lowest BCUT2D eigenvalue weighted by Crippen LogP contribution is -2.45. The molecule has 150 valence electrons. The number of nitrogens with one attached hydrogen (secondary N) is 3. The first-order valence-electron chi connectivity index (χ1n) is 8.83. The van der Waals surface area contributed by atoms with Gasteiger partial charge >= 0.3 is 0 Å². The van der Waals surface area contributed by atoms with Crippen molar-refractivity contribution in [3.8, 4) is 11.5 Å². The molecule has 0 bridgehead atoms. The van der Waals surface area contributed by atoms with Gasteiger partial charge in [0.1, 0.15) is 12.7 Å². The molecule has 7 nitrogen and oxygen atoms in total. The molecule has 1 amide bonds. The van der Waals surface area contributed by atoms with Crippen molar-refractivity contribution in [2.75, 3.05) is 27.2 Å². The molecule has 0 saturated carbocycles. The largest absolute Gasteiger partial charge is 0.486 e. The standard InChI is InChI=1S/C20H24N4O3.HI/c1-21-19(25)15-9-7-14(8-10-15)11-23-20(22-2)24-12-16-13-26-17-5-3-4-6-18(17)27-16;/h3-10,16H,11-13H2,1-2H3,(H,21,25)(H2,22,23,24);1H. The van der Waals surface area contributed by atoms with Gasteiger partial charge in [0, 0.05) is 26.2 Å². The minimum absolute atomic E-state index is 0. The van der Waals surface area contributed by atoms with E-state index >= 15 is 0 Å². The summed E-state index contributed by atoms with van der Waals surface area (Å²) in [7, 11) is 3.34. The Morgan fingerprint density at radius 3 is 2.50 bits per heavy atom. The Balaban J connectivity index is 0.00000280. The molecular weight excluding hydrogens is 471 g/mol. The van der Waals surface area contributed by atoms with Crippen LogP contribution in [0.3, 0.4) is 0 Å². The smallest absolute Gasteiger partial charge is 0.251 e. The predicted octanol–water partition coefficient (Wildman–Crippen LogP) is 2.17. The fraction of sp³-hybridized carbons (Fsp3) is 0.300. The number of fused-ring (bicyclic) bond motifs is 1. The van der Waals surface area contributed by atoms with Gasteiger partial charge in [-0.05, 0) is 29.8 Å². The van der Waals surface area contributed by atoms with Gasteiger partial charge in [0.05, 0.1) is 6.54 Å². The van der Waals surface area contributed by atoms with Crippen molar-refractivity contribution in [1.82, 2.24) is 16.0 Å². The van der Waals surface area contributed by atoms with E-state index in [2.05, 4.69) is 20.9 Å². The number of hydrogen-bond donors (Lipinski definition) is 3. The Morgan fingerprint density at radius 2 is 1.82 bits per heavy atom. The van der Waals surface area contributed by atoms with Gasteiger partial charge in [-0.1, -0.05) is 24.3 Å². The summed E-state index contributed by atoms with van der Waals surface area (Å²) in [5, 5.41) is 9.11. The maximum atomic E-state index is 11.6. The van der Waals surface area contributed by atoms with Crippen molar-refractivity contribution in [2.45, 2.75) is 12.6 Å². The number of nitrogens with zero attached hydrogens (tertiary/aromatic N) is 1. The summed E-state index contributed by atoms with van der Waals surface area (Å²) < 4.78 is 11.6. The molecule has 0 spiro atoms. The number of halogens is 1. The highest BCUT2D eigenvalue weighted by Gasteiger charge is 2.20. The lowest BCUT2D eigenvalue weighted by atomic mass is 10.1. The highest BCUT2D eigenvalue weighted by atomic mass is 127. The first kappa shape index (κ1) is 21.8. The van der Waals surface area contributed by atoms with Gasteiger partial charge < -0.3 is 25.4 Å². The Hall–Kier alpha value is -2.49. The number of benzene rings is 2. The monoisotopic (exact) mass is 496 g/mol. The summed E-state index contributed by atoms with van der Waals surface area (Å²) in [4.78, 5) is 15.8. The molecule has 28 heavy (non-hydrogen) atoms. The molecule has 2 aromatic carbocycles. The quantitative estimate of drug-likeness (QED) is 0.336. The molecule has 0 radical (unpaired) electrons. The van der Waals surface area contributed by atoms with Crippen LogP contribution in [0.15, 0.2) is 53.5 Å². The van der Waals surface area contributed by atoms with Crippen LogP contribution in [-0.2, 0) is 6.54 Å². The normalized spacial score (nSPS) is 15.2. The second kappa shape index (κ2) is 10.7. The zero-order valence-corrected chi connectivity index (χ0v) is 18.2. The fourth-order valence-corrected chi connectivity index (χ4v) is 2.70. The summed E-state index contributed by atoms with van der Waals surface area (Å²) in [6.07, 6.45) is -0.0923. The van der Waals surface area contributed by atoms with Gasteiger partial charge in [-0.25, -0.2) is 0 Å². The molecule has 0 fully saturated rings. The third-order valence-corrected chi connectivity index (χ3v) is 4.19. The number of aliphatic imine (C=N–C) groups is 1. The van der Waals surface area contributed by atoms with Crippen molar-refractivity contribution in [3.63, 3.8) is 0 Å². The van der Waals surface area contributed by atoms with E-state index in [1.54, 1.807) is 26.2 Å². The van der Waals surface area contributed by atoms with Crippen LogP contribution in [-0.4, -0.2) is 45.2 Å². The van der Waals surface area contributed by atoms with Gasteiger partial charge in [0.25, 0.3) is 5.91 Å². The third kappa shape index (κ3) is 5.75. The molecule has 2 aromatic rings. The van der Waals surface area contributed by atoms with E-state index in [9.17, 15) is 4.79 Å². The van der Waals surface area contributed by atoms with Gasteiger partial charge in [-0.15, -0.1) is 24.0 Å². The van der Waals surface area contributed by atoms with Crippen molar-refractivity contribution in [1.29, 1.82) is 0 Å². The molecule has 1 aliphatic rings. The lowest BCUT2D eigenvalue weighted by Gasteiger charge is -2.27. The Bertz CT molecular complexity index is 811. The van der Waals surface area contributed by atoms with E-state index in [-0.39, 0.29) is 36.0 Å². The zero-order valence-electron chi connectivity index (χ0n) is 15.9. The van der Waals surface area contributed by atoms with Gasteiger partial charge in [0.15, 0.2) is 17.5 Å². The van der Waals surface area contributed by atoms with Crippen LogP contribution >= 0.6 is 24.0 Å². The molecule has 0 saturated heterocycles. The lowest BCUT2D eigenvalue weighted by molar-refractivity contribution is 0.0936. The summed E-state index contributed by atoms with van der Waals surface area (Å²) in [5.41, 5.74) is 1.69. The van der Waals surface area contributed by atoms with E-state index in [1.807, 2.05) is 36.4 Å². The predicted molar refractivity (Wildman–Crippen MR) is 120 cm³/mol. The summed E-state index contributed by atoms with van der Waals surface area (Å²) >= 11 is 0. The van der Waals surface area contributed by atoms with Crippen LogP contribution < -0.4 is 25.4 Å². The molecular formula is C20H25IN4O3. The molecule has 1 aliphatic heterocycles. The topological polar surface area (TPSA) is 84.0 Å². The molecule has 3 rings (SSSR count). The van der Waals surface area contributed by atoms with E-state index < -0.39 is 0 Å². The minimum atomic E-state index is -0.0942. The van der Waals surface area contributed by atoms with Crippen LogP contribution in [0, 0.1) is 0 Å². The van der Waals surface area contributed by atoms with E-state index in [0.717, 1.165) is 17.1 Å². The Labute approximate surface area is 181 Å². The molecule has 1 atom stereocenters. The van der Waals surface area contributed by atoms with Crippen molar-refractivity contribution in [2.24, 2.45) is 4.99 Å². The first-order valence-corrected chi connectivity index (χ1v) is 8.83. The van der Waals surface area contributed by atoms with Crippen LogP contribution in [0.4, 0.5) is 0 Å². The number of hydrogen-bond acceptors (Lipinski definition) is 4. The molecule has 1 heterocycles. The van der Waals surface area contributed by atoms with E-state index in [1.165, 1.54) is 0 Å². The van der Waals surface area contributed by atoms with E-state index in [4.69, 9.17) is 9.47 Å². The number of rotatable bonds is 5. The highest BCUT2D eigenvalue weighted by Crippen LogP contribution is 2.30. The molecule has 8 heteroatoms. The van der Waals surface area contributed by atoms with E-state index in [0.29, 0.717) is 31.2 Å². The number of carbonyl (C=O) groups is 1. The number of carbonyl (C=O) groups excluding carboxylic acids is 1. The van der Waals surface area contributed by atoms with Crippen LogP contribution in [0.1, 0.15) is 15.9 Å². The number of para-hydroxylation sites is 2. The highest BCUT2D eigenvalue weighted by molar-refractivity contribution is 14.0. The first-order chi connectivity index (χ1) is 13.2. The van der Waals surface area contributed by atoms with Crippen LogP contribution in [0.25, 0.3) is 0 Å². The third-order valence-electron chi connectivity index (χ3n) is 4.19. The van der Waals surface area contributed by atoms with Gasteiger partial charge in [-0.3, -0.25) is 9.79 Å². The number of ether oxygens (including phenoxy) is 2. The van der Waals surface area contributed by atoms with Gasteiger partial charge in [-0.2, -0.15) is 0 Å². The van der Waals surface area contributed by atoms with Crippen molar-refractivity contribution >= 4 is 35.8 Å². The summed E-state index contributed by atoms with van der Waals surface area (Å²) in [6, 6.07) is 15.1. The molecule has 0 aromatic heterocycles. The molecule has 1 unspecified atom stereocenters. The zero-order chi connectivity index (χ0) is 19.1. The summed E-state index contributed by atoms with van der Waals surface area (Å²) in [5.74, 6) is 2.11. The van der Waals surface area contributed by atoms with Crippen molar-refractivity contribution in [3.05, 3.63) is 59.7 Å². The van der Waals surface area contributed by atoms with Crippen molar-refractivity contribution < 1.29 is 14.3 Å². The number of guanidine groups is 1. The maximum absolute atomic E-state index is 11.6. The molecule has 0 aliphatic carbocycles. The SMILES string of the molecule is CN=C(NCc1ccc(C(=O)NC)cc1)NCC1COc2ccccc2O1.I. The Morgan fingerprint density at radius 1 is 1.11 bits per heavy atom. The Kier molecular flexibility index (Phi) is 8.37. The fourth-order valence-electron chi connectivity index (χ4n) is 2.70. The van der Waals surface area contributed by atoms with Gasteiger partial charge in [0.2, 0.25) is 0 Å². The average molecular weight is 496 g/mol. The molecule has 3 N–H and O–H groups in total. The second-order valence-electron chi connectivity index (χ2n) is 6.08. The van der Waals surface area contributed by atoms with Crippen LogP contribution in [0.5, 0.6) is 11.5 Å². The average Bonchev–Trinajstić information content (AvgIpc) is 2.73. The maximum Gasteiger partial charge on any atom is 0.251 e. The number of amides is 1. The second-order valence-corrected chi connectivity index (χ2v) is 6.08. The van der Waals surface area contributed by atoms with Crippen LogP contribution in [0.2, 0.25) is 0 Å². The minimum Gasteiger partial charge on any atom is -0.486 e. The summed E-state index contributed by atoms with van der Waals surface area (Å²) in [6.45, 7) is 1.66.